The van der Waals surface area contributed by atoms with Crippen molar-refractivity contribution in [2.45, 2.75) is 26.7 Å². The largest absolute Gasteiger partial charge is 0.481 e. The fourth-order valence-corrected chi connectivity index (χ4v) is 1.60. The smallest absolute Gasteiger partial charge is 0.310 e. The van der Waals surface area contributed by atoms with Crippen molar-refractivity contribution in [1.29, 1.82) is 0 Å². The lowest BCUT2D eigenvalue weighted by atomic mass is 9.93. The summed E-state index contributed by atoms with van der Waals surface area (Å²) in [6.45, 7) is 5.05. The number of rotatable bonds is 4. The summed E-state index contributed by atoms with van der Waals surface area (Å²) >= 11 is 0. The maximum atomic E-state index is 11.7. The Morgan fingerprint density at radius 1 is 1.50 bits per heavy atom. The fraction of sp³-hybridized carbons (Fsp3) is 0.818. The van der Waals surface area contributed by atoms with Gasteiger partial charge in [0.15, 0.2) is 0 Å². The summed E-state index contributed by atoms with van der Waals surface area (Å²) in [4.78, 5) is 22.6. The summed E-state index contributed by atoms with van der Waals surface area (Å²) in [5, 5.41) is 14.8. The molecular formula is C11H20N2O3. The fourth-order valence-electron chi connectivity index (χ4n) is 1.60. The maximum absolute atomic E-state index is 11.7. The van der Waals surface area contributed by atoms with E-state index in [1.165, 1.54) is 0 Å². The van der Waals surface area contributed by atoms with Crippen LogP contribution >= 0.6 is 0 Å². The van der Waals surface area contributed by atoms with Crippen molar-refractivity contribution in [3.05, 3.63) is 0 Å². The highest BCUT2D eigenvalue weighted by Gasteiger charge is 2.29. The molecule has 1 heterocycles. The van der Waals surface area contributed by atoms with Crippen LogP contribution in [-0.4, -0.2) is 36.6 Å². The zero-order valence-corrected chi connectivity index (χ0v) is 9.88. The monoisotopic (exact) mass is 228 g/mol. The third-order valence-corrected chi connectivity index (χ3v) is 2.95. The predicted octanol–water partition coefficient (Wildman–Crippen LogP) is 0.213. The molecule has 0 radical (unpaired) electrons. The second-order valence-corrected chi connectivity index (χ2v) is 4.95. The van der Waals surface area contributed by atoms with Crippen LogP contribution in [0, 0.1) is 11.3 Å². The van der Waals surface area contributed by atoms with Crippen molar-refractivity contribution in [2.24, 2.45) is 11.3 Å². The van der Waals surface area contributed by atoms with E-state index in [0.29, 0.717) is 6.54 Å². The molecule has 0 aromatic rings. The van der Waals surface area contributed by atoms with E-state index < -0.39 is 11.4 Å². The number of amides is 1. The summed E-state index contributed by atoms with van der Waals surface area (Å²) in [7, 11) is 0. The van der Waals surface area contributed by atoms with Gasteiger partial charge in [0.25, 0.3) is 0 Å². The van der Waals surface area contributed by atoms with Gasteiger partial charge in [-0.2, -0.15) is 0 Å². The Labute approximate surface area is 95.6 Å². The number of carboxylic acid groups (broad SMARTS) is 1. The van der Waals surface area contributed by atoms with E-state index in [-0.39, 0.29) is 18.4 Å². The molecule has 0 bridgehead atoms. The van der Waals surface area contributed by atoms with E-state index >= 15 is 0 Å². The van der Waals surface area contributed by atoms with E-state index in [1.54, 1.807) is 13.8 Å². The zero-order valence-electron chi connectivity index (χ0n) is 9.88. The second-order valence-electron chi connectivity index (χ2n) is 4.95. The van der Waals surface area contributed by atoms with Gasteiger partial charge in [-0.05, 0) is 33.2 Å². The third kappa shape index (κ3) is 3.48. The topological polar surface area (TPSA) is 78.4 Å². The van der Waals surface area contributed by atoms with Crippen LogP contribution in [0.3, 0.4) is 0 Å². The number of hydrogen-bond donors (Lipinski definition) is 3. The minimum absolute atomic E-state index is 0.0154. The van der Waals surface area contributed by atoms with E-state index in [1.807, 2.05) is 0 Å². The summed E-state index contributed by atoms with van der Waals surface area (Å²) in [5.74, 6) is -0.950. The number of piperidine rings is 1. The Balaban J connectivity index is 2.37. The van der Waals surface area contributed by atoms with Gasteiger partial charge in [-0.3, -0.25) is 9.59 Å². The highest BCUT2D eigenvalue weighted by molar-refractivity contribution is 5.80. The van der Waals surface area contributed by atoms with Crippen molar-refractivity contribution >= 4 is 11.9 Å². The molecule has 1 rings (SSSR count). The number of hydrogen-bond acceptors (Lipinski definition) is 3. The van der Waals surface area contributed by atoms with Crippen LogP contribution in [0.1, 0.15) is 26.7 Å². The highest BCUT2D eigenvalue weighted by atomic mass is 16.4. The van der Waals surface area contributed by atoms with Gasteiger partial charge in [-0.1, -0.05) is 0 Å². The molecular weight excluding hydrogens is 208 g/mol. The van der Waals surface area contributed by atoms with Crippen LogP contribution < -0.4 is 10.6 Å². The van der Waals surface area contributed by atoms with Gasteiger partial charge in [-0.25, -0.2) is 0 Å². The summed E-state index contributed by atoms with van der Waals surface area (Å²) in [6, 6.07) is 0. The maximum Gasteiger partial charge on any atom is 0.310 e. The van der Waals surface area contributed by atoms with Gasteiger partial charge in [-0.15, -0.1) is 0 Å². The van der Waals surface area contributed by atoms with Gasteiger partial charge >= 0.3 is 5.97 Å². The van der Waals surface area contributed by atoms with Crippen molar-refractivity contribution in [3.8, 4) is 0 Å². The third-order valence-electron chi connectivity index (χ3n) is 2.95. The van der Waals surface area contributed by atoms with Gasteiger partial charge in [0.1, 0.15) is 0 Å². The molecule has 0 aromatic heterocycles. The SMILES string of the molecule is CC(C)(CNC(=O)[C@H]1CCCNC1)C(=O)O. The van der Waals surface area contributed by atoms with Crippen molar-refractivity contribution in [3.63, 3.8) is 0 Å². The Morgan fingerprint density at radius 2 is 2.19 bits per heavy atom. The molecule has 0 unspecified atom stereocenters. The summed E-state index contributed by atoms with van der Waals surface area (Å²) < 4.78 is 0. The predicted molar refractivity (Wildman–Crippen MR) is 60.0 cm³/mol. The first kappa shape index (κ1) is 13.0. The highest BCUT2D eigenvalue weighted by Crippen LogP contribution is 2.15. The first-order chi connectivity index (χ1) is 7.43. The minimum Gasteiger partial charge on any atom is -0.481 e. The molecule has 5 nitrogen and oxygen atoms in total. The molecule has 1 aliphatic rings. The van der Waals surface area contributed by atoms with Gasteiger partial charge in [0, 0.05) is 13.1 Å². The van der Waals surface area contributed by atoms with E-state index in [2.05, 4.69) is 10.6 Å². The van der Waals surface area contributed by atoms with E-state index in [0.717, 1.165) is 19.4 Å². The number of nitrogens with one attached hydrogen (secondary N) is 2. The Kier molecular flexibility index (Phi) is 4.29. The summed E-state index contributed by atoms with van der Waals surface area (Å²) in [5.41, 5.74) is -0.905. The lowest BCUT2D eigenvalue weighted by Gasteiger charge is -2.25. The first-order valence-corrected chi connectivity index (χ1v) is 5.65. The second kappa shape index (κ2) is 5.30. The lowest BCUT2D eigenvalue weighted by molar-refractivity contribution is -0.146. The Hall–Kier alpha value is -1.10. The zero-order chi connectivity index (χ0) is 12.2. The average molecular weight is 228 g/mol. The first-order valence-electron chi connectivity index (χ1n) is 5.65. The van der Waals surface area contributed by atoms with Crippen molar-refractivity contribution in [1.82, 2.24) is 10.6 Å². The number of carboxylic acids is 1. The molecule has 92 valence electrons. The van der Waals surface area contributed by atoms with Crippen LogP contribution in [0.4, 0.5) is 0 Å². The lowest BCUT2D eigenvalue weighted by Crippen LogP contribution is -2.45. The van der Waals surface area contributed by atoms with Crippen LogP contribution in [0.5, 0.6) is 0 Å². The van der Waals surface area contributed by atoms with Crippen molar-refractivity contribution < 1.29 is 14.7 Å². The number of aliphatic carboxylic acids is 1. The molecule has 3 N–H and O–H groups in total. The molecule has 0 aliphatic carbocycles. The molecule has 1 amide bonds. The van der Waals surface area contributed by atoms with Crippen molar-refractivity contribution in [2.75, 3.05) is 19.6 Å². The molecule has 1 aliphatic heterocycles. The van der Waals surface area contributed by atoms with Gasteiger partial charge < -0.3 is 15.7 Å². The van der Waals surface area contributed by atoms with Gasteiger partial charge in [0.05, 0.1) is 11.3 Å². The normalized spacial score (nSPS) is 21.5. The number of carbonyl (C=O) groups excluding carboxylic acids is 1. The average Bonchev–Trinajstić information content (AvgIpc) is 2.27. The summed E-state index contributed by atoms with van der Waals surface area (Å²) in [6.07, 6.45) is 1.88. The quantitative estimate of drug-likeness (QED) is 0.643. The molecule has 0 spiro atoms. The molecule has 0 saturated carbocycles. The molecule has 0 aromatic carbocycles. The Bertz CT molecular complexity index is 270. The van der Waals surface area contributed by atoms with Crippen LogP contribution in [-0.2, 0) is 9.59 Å². The van der Waals surface area contributed by atoms with Crippen LogP contribution in [0.25, 0.3) is 0 Å². The number of carbonyl (C=O) groups is 2. The van der Waals surface area contributed by atoms with E-state index in [4.69, 9.17) is 5.11 Å². The van der Waals surface area contributed by atoms with Gasteiger partial charge in [0.2, 0.25) is 5.91 Å². The molecule has 1 fully saturated rings. The molecule has 16 heavy (non-hydrogen) atoms. The molecule has 5 heteroatoms. The Morgan fingerprint density at radius 3 is 2.69 bits per heavy atom. The minimum atomic E-state index is -0.905. The standard InChI is InChI=1S/C11H20N2O3/c1-11(2,10(15)16)7-13-9(14)8-4-3-5-12-6-8/h8,12H,3-7H2,1-2H3,(H,13,14)(H,15,16)/t8-/m0/s1. The van der Waals surface area contributed by atoms with Crippen LogP contribution in [0.15, 0.2) is 0 Å². The van der Waals surface area contributed by atoms with Crippen LogP contribution in [0.2, 0.25) is 0 Å². The van der Waals surface area contributed by atoms with E-state index in [9.17, 15) is 9.59 Å². The molecule has 1 saturated heterocycles. The molecule has 1 atom stereocenters.